The van der Waals surface area contributed by atoms with Gasteiger partial charge in [0, 0.05) is 6.42 Å². The maximum Gasteiger partial charge on any atom is 0.266 e. The highest BCUT2D eigenvalue weighted by atomic mass is 32.2. The predicted octanol–water partition coefficient (Wildman–Crippen LogP) is 8.01. The Kier molecular flexibility index (Phi) is 25.4. The van der Waals surface area contributed by atoms with Gasteiger partial charge in [0.25, 0.3) is 10.1 Å². The van der Waals surface area contributed by atoms with Crippen molar-refractivity contribution in [3.05, 3.63) is 48.6 Å². The molecule has 0 fully saturated rings. The normalized spacial score (nSPS) is 14.3. The number of hydrogen-bond acceptors (Lipinski definition) is 4. The van der Waals surface area contributed by atoms with E-state index in [0.717, 1.165) is 44.9 Å². The minimum atomic E-state index is -4.32. The van der Waals surface area contributed by atoms with Crippen LogP contribution in [0.5, 0.6) is 0 Å². The molecule has 2 unspecified atom stereocenters. The molecule has 0 saturated carbocycles. The van der Waals surface area contributed by atoms with Gasteiger partial charge in [0.05, 0.1) is 17.9 Å². The molecule has 0 spiro atoms. The predicted molar refractivity (Wildman–Crippen MR) is 165 cm³/mol. The van der Waals surface area contributed by atoms with E-state index in [0.29, 0.717) is 12.8 Å². The molecule has 0 bridgehead atoms. The molecule has 6 nitrogen and oxygen atoms in total. The molecule has 0 heterocycles. The zero-order valence-corrected chi connectivity index (χ0v) is 25.6. The van der Waals surface area contributed by atoms with Crippen molar-refractivity contribution in [2.75, 3.05) is 5.75 Å². The number of nitrogens with one attached hydrogen (secondary N) is 1. The molecule has 0 rings (SSSR count). The number of hydrogen-bond donors (Lipinski definition) is 3. The number of rotatable bonds is 26. The van der Waals surface area contributed by atoms with Gasteiger partial charge in [0.1, 0.15) is 0 Å². The number of aliphatic hydroxyl groups is 1. The van der Waals surface area contributed by atoms with Crippen LogP contribution in [-0.4, -0.2) is 41.9 Å². The van der Waals surface area contributed by atoms with Gasteiger partial charge in [-0.2, -0.15) is 8.42 Å². The maximum absolute atomic E-state index is 12.3. The molecule has 0 aliphatic heterocycles. The molecule has 3 N–H and O–H groups in total. The van der Waals surface area contributed by atoms with Crippen LogP contribution in [0.15, 0.2) is 48.6 Å². The molecule has 0 aromatic heterocycles. The van der Waals surface area contributed by atoms with Crippen LogP contribution in [0.25, 0.3) is 0 Å². The largest absolute Gasteiger partial charge is 0.391 e. The summed E-state index contributed by atoms with van der Waals surface area (Å²) in [7, 11) is -4.32. The Morgan fingerprint density at radius 2 is 1.18 bits per heavy atom. The SMILES string of the molecule is CC/C=C\C/C=C\C/C=C\C/C=C\CCC(=O)NC(CS(=O)(=O)O)C(O)CCCCCCCCCCCCC. The number of carbonyl (C=O) groups excluding carboxylic acids is 1. The first kappa shape index (κ1) is 37.3. The third kappa shape index (κ3) is 27.7. The quantitative estimate of drug-likeness (QED) is 0.0558. The Labute approximate surface area is 239 Å². The smallest absolute Gasteiger partial charge is 0.266 e. The molecule has 0 radical (unpaired) electrons. The van der Waals surface area contributed by atoms with E-state index in [1.54, 1.807) is 0 Å². The van der Waals surface area contributed by atoms with Gasteiger partial charge in [0.2, 0.25) is 5.91 Å². The van der Waals surface area contributed by atoms with Gasteiger partial charge in [0.15, 0.2) is 0 Å². The van der Waals surface area contributed by atoms with E-state index >= 15 is 0 Å². The average molecular weight is 568 g/mol. The van der Waals surface area contributed by atoms with Crippen LogP contribution >= 0.6 is 0 Å². The zero-order valence-electron chi connectivity index (χ0n) is 24.7. The number of amides is 1. The van der Waals surface area contributed by atoms with Crippen LogP contribution < -0.4 is 5.32 Å². The monoisotopic (exact) mass is 567 g/mol. The van der Waals surface area contributed by atoms with E-state index in [2.05, 4.69) is 55.6 Å². The molecule has 0 aliphatic rings. The highest BCUT2D eigenvalue weighted by molar-refractivity contribution is 7.85. The molecule has 2 atom stereocenters. The molecule has 0 aliphatic carbocycles. The second-order valence-corrected chi connectivity index (χ2v) is 11.9. The summed E-state index contributed by atoms with van der Waals surface area (Å²) >= 11 is 0. The van der Waals surface area contributed by atoms with Crippen LogP contribution in [-0.2, 0) is 14.9 Å². The first-order valence-electron chi connectivity index (χ1n) is 15.3. The number of unbranched alkanes of at least 4 members (excludes halogenated alkanes) is 10. The van der Waals surface area contributed by atoms with E-state index in [9.17, 15) is 22.9 Å². The summed E-state index contributed by atoms with van der Waals surface area (Å²) in [6.45, 7) is 4.35. The van der Waals surface area contributed by atoms with Crippen LogP contribution in [0.4, 0.5) is 0 Å². The molecule has 39 heavy (non-hydrogen) atoms. The summed E-state index contributed by atoms with van der Waals surface area (Å²) < 4.78 is 32.2. The number of carbonyl (C=O) groups is 1. The average Bonchev–Trinajstić information content (AvgIpc) is 2.88. The van der Waals surface area contributed by atoms with Crippen molar-refractivity contribution < 1.29 is 22.9 Å². The van der Waals surface area contributed by atoms with Gasteiger partial charge < -0.3 is 10.4 Å². The molecule has 7 heteroatoms. The molecule has 1 amide bonds. The lowest BCUT2D eigenvalue weighted by atomic mass is 10.0. The van der Waals surface area contributed by atoms with Crippen LogP contribution in [0, 0.1) is 0 Å². The van der Waals surface area contributed by atoms with Gasteiger partial charge in [-0.05, 0) is 38.5 Å². The van der Waals surface area contributed by atoms with Crippen molar-refractivity contribution in [1.82, 2.24) is 5.32 Å². The number of aliphatic hydroxyl groups excluding tert-OH is 1. The first-order chi connectivity index (χ1) is 18.8. The Morgan fingerprint density at radius 3 is 1.67 bits per heavy atom. The highest BCUT2D eigenvalue weighted by Gasteiger charge is 2.25. The summed E-state index contributed by atoms with van der Waals surface area (Å²) in [5, 5.41) is 13.1. The third-order valence-corrected chi connectivity index (χ3v) is 7.34. The van der Waals surface area contributed by atoms with Crippen LogP contribution in [0.1, 0.15) is 129 Å². The maximum atomic E-state index is 12.3. The van der Waals surface area contributed by atoms with Crippen molar-refractivity contribution >= 4 is 16.0 Å². The van der Waals surface area contributed by atoms with Gasteiger partial charge >= 0.3 is 0 Å². The molecule has 0 aromatic carbocycles. The van der Waals surface area contributed by atoms with Crippen molar-refractivity contribution in [1.29, 1.82) is 0 Å². The van der Waals surface area contributed by atoms with E-state index in [-0.39, 0.29) is 12.3 Å². The number of allylic oxidation sites excluding steroid dienone is 8. The van der Waals surface area contributed by atoms with E-state index in [1.807, 2.05) is 12.2 Å². The second kappa shape index (κ2) is 26.5. The van der Waals surface area contributed by atoms with Gasteiger partial charge in [-0.15, -0.1) is 0 Å². The molecular formula is C32H57NO5S. The molecule has 0 saturated heterocycles. The Bertz CT molecular complexity index is 801. The topological polar surface area (TPSA) is 104 Å². The van der Waals surface area contributed by atoms with Gasteiger partial charge in [-0.3, -0.25) is 9.35 Å². The van der Waals surface area contributed by atoms with Gasteiger partial charge in [-0.25, -0.2) is 0 Å². The van der Waals surface area contributed by atoms with E-state index in [1.165, 1.54) is 51.4 Å². The lowest BCUT2D eigenvalue weighted by Crippen LogP contribution is -2.47. The summed E-state index contributed by atoms with van der Waals surface area (Å²) in [5.74, 6) is -1.01. The third-order valence-electron chi connectivity index (χ3n) is 6.56. The Hall–Kier alpha value is -1.70. The lowest BCUT2D eigenvalue weighted by Gasteiger charge is -2.23. The Balaban J connectivity index is 4.18. The van der Waals surface area contributed by atoms with Crippen LogP contribution in [0.2, 0.25) is 0 Å². The fourth-order valence-corrected chi connectivity index (χ4v) is 5.04. The fourth-order valence-electron chi connectivity index (χ4n) is 4.29. The summed E-state index contributed by atoms with van der Waals surface area (Å²) in [5.41, 5.74) is 0. The van der Waals surface area contributed by atoms with E-state index in [4.69, 9.17) is 0 Å². The van der Waals surface area contributed by atoms with Crippen molar-refractivity contribution in [3.63, 3.8) is 0 Å². The first-order valence-corrected chi connectivity index (χ1v) is 16.9. The van der Waals surface area contributed by atoms with E-state index < -0.39 is 28.0 Å². The Morgan fingerprint density at radius 1 is 0.718 bits per heavy atom. The summed E-state index contributed by atoms with van der Waals surface area (Å²) in [6, 6.07) is -1.01. The summed E-state index contributed by atoms with van der Waals surface area (Å²) in [6.07, 6.45) is 33.6. The van der Waals surface area contributed by atoms with Gasteiger partial charge in [-0.1, -0.05) is 133 Å². The standard InChI is InChI=1S/C32H57NO5S/c1-3-5-7-9-11-13-15-16-18-20-22-24-26-28-32(35)33-30(29-39(36,37)38)31(34)27-25-23-21-19-17-14-12-10-8-6-4-2/h5,7,11,13,16,18,22,24,30-31,34H,3-4,6,8-10,12,14-15,17,19-21,23,25-29H2,1-2H3,(H,33,35)(H,36,37,38)/b7-5-,13-11-,18-16-,24-22-. The van der Waals surface area contributed by atoms with Crippen molar-refractivity contribution in [2.24, 2.45) is 0 Å². The molecular weight excluding hydrogens is 510 g/mol. The van der Waals surface area contributed by atoms with Crippen LogP contribution in [0.3, 0.4) is 0 Å². The summed E-state index contributed by atoms with van der Waals surface area (Å²) in [4.78, 5) is 12.3. The van der Waals surface area contributed by atoms with Crippen molar-refractivity contribution in [2.45, 2.75) is 142 Å². The second-order valence-electron chi connectivity index (χ2n) is 10.4. The minimum absolute atomic E-state index is 0.196. The molecule has 226 valence electrons. The van der Waals surface area contributed by atoms with Crippen molar-refractivity contribution in [3.8, 4) is 0 Å². The fraction of sp³-hybridized carbons (Fsp3) is 0.719. The zero-order chi connectivity index (χ0) is 29.0. The minimum Gasteiger partial charge on any atom is -0.391 e. The molecule has 0 aromatic rings. The lowest BCUT2D eigenvalue weighted by molar-refractivity contribution is -0.122. The highest BCUT2D eigenvalue weighted by Crippen LogP contribution is 2.14.